The molecule has 0 fully saturated rings. The zero-order valence-corrected chi connectivity index (χ0v) is 8.73. The molecule has 1 aromatic rings. The minimum atomic E-state index is -0.815. The number of halogens is 1. The highest BCUT2D eigenvalue weighted by Crippen LogP contribution is 2.40. The summed E-state index contributed by atoms with van der Waals surface area (Å²) >= 11 is 0. The van der Waals surface area contributed by atoms with Gasteiger partial charge in [-0.3, -0.25) is 4.79 Å². The first-order valence-corrected chi connectivity index (χ1v) is 4.82. The van der Waals surface area contributed by atoms with Gasteiger partial charge in [-0.15, -0.1) is 0 Å². The number of benzene rings is 1. The van der Waals surface area contributed by atoms with Gasteiger partial charge in [-0.05, 0) is 25.5 Å². The molecule has 1 heterocycles. The number of fused-ring (bicyclic) bond motifs is 1. The molecule has 2 rings (SSSR count). The normalized spacial score (nSPS) is 17.5. The number of nitrogens with one attached hydrogen (secondary N) is 1. The number of anilines is 1. The summed E-state index contributed by atoms with van der Waals surface area (Å²) in [5, 5.41) is 2.69. The molecule has 0 saturated heterocycles. The van der Waals surface area contributed by atoms with E-state index in [0.29, 0.717) is 17.8 Å². The lowest BCUT2D eigenvalue weighted by molar-refractivity contribution is -0.119. The first kappa shape index (κ1) is 10.1. The molecule has 0 atom stereocenters. The largest absolute Gasteiger partial charge is 0.326 e. The quantitative estimate of drug-likeness (QED) is 0.735. The Balaban J connectivity index is 2.72. The van der Waals surface area contributed by atoms with Gasteiger partial charge in [0.2, 0.25) is 5.91 Å². The van der Waals surface area contributed by atoms with Crippen LogP contribution in [-0.4, -0.2) is 5.91 Å². The van der Waals surface area contributed by atoms with E-state index in [4.69, 9.17) is 5.73 Å². The number of hydrogen-bond donors (Lipinski definition) is 2. The summed E-state index contributed by atoms with van der Waals surface area (Å²) in [6.07, 6.45) is 0. The molecule has 3 N–H and O–H groups in total. The summed E-state index contributed by atoms with van der Waals surface area (Å²) < 4.78 is 13.6. The molecule has 1 aliphatic heterocycles. The Kier molecular flexibility index (Phi) is 2.04. The average Bonchev–Trinajstić information content (AvgIpc) is 2.40. The first-order chi connectivity index (χ1) is 6.98. The monoisotopic (exact) mass is 208 g/mol. The lowest BCUT2D eigenvalue weighted by atomic mass is 9.85. The third-order valence-electron chi connectivity index (χ3n) is 2.89. The molecule has 0 unspecified atom stereocenters. The maximum Gasteiger partial charge on any atom is 0.234 e. The average molecular weight is 208 g/mol. The molecule has 0 bridgehead atoms. The Labute approximate surface area is 87.5 Å². The van der Waals surface area contributed by atoms with Crippen molar-refractivity contribution in [3.05, 3.63) is 29.1 Å². The summed E-state index contributed by atoms with van der Waals surface area (Å²) in [6.45, 7) is 3.70. The topological polar surface area (TPSA) is 55.1 Å². The van der Waals surface area contributed by atoms with Gasteiger partial charge in [0, 0.05) is 12.1 Å². The first-order valence-electron chi connectivity index (χ1n) is 4.82. The van der Waals surface area contributed by atoms with Crippen molar-refractivity contribution in [3.8, 4) is 0 Å². The van der Waals surface area contributed by atoms with E-state index in [1.165, 1.54) is 6.07 Å². The van der Waals surface area contributed by atoms with Crippen molar-refractivity contribution in [3.63, 3.8) is 0 Å². The van der Waals surface area contributed by atoms with Crippen LogP contribution in [0.15, 0.2) is 12.1 Å². The fourth-order valence-corrected chi connectivity index (χ4v) is 1.93. The number of nitrogens with two attached hydrogens (primary N) is 1. The van der Waals surface area contributed by atoms with Crippen LogP contribution in [0.3, 0.4) is 0 Å². The molecular formula is C11H13FN2O. The second-order valence-electron chi connectivity index (χ2n) is 4.24. The van der Waals surface area contributed by atoms with Gasteiger partial charge >= 0.3 is 0 Å². The van der Waals surface area contributed by atoms with Gasteiger partial charge in [0.1, 0.15) is 5.82 Å². The minimum absolute atomic E-state index is 0.183. The Morgan fingerprint density at radius 2 is 2.13 bits per heavy atom. The Morgan fingerprint density at radius 3 is 2.73 bits per heavy atom. The fourth-order valence-electron chi connectivity index (χ4n) is 1.93. The molecule has 0 radical (unpaired) electrons. The van der Waals surface area contributed by atoms with Gasteiger partial charge in [0.05, 0.1) is 11.1 Å². The second-order valence-corrected chi connectivity index (χ2v) is 4.24. The highest BCUT2D eigenvalue weighted by molar-refractivity contribution is 6.06. The van der Waals surface area contributed by atoms with E-state index in [1.807, 2.05) is 0 Å². The maximum absolute atomic E-state index is 13.6. The van der Waals surface area contributed by atoms with Gasteiger partial charge < -0.3 is 11.1 Å². The highest BCUT2D eigenvalue weighted by atomic mass is 19.1. The van der Waals surface area contributed by atoms with Crippen LogP contribution >= 0.6 is 0 Å². The van der Waals surface area contributed by atoms with E-state index in [0.717, 1.165) is 5.56 Å². The lowest BCUT2D eigenvalue weighted by Crippen LogP contribution is -2.27. The van der Waals surface area contributed by atoms with E-state index in [1.54, 1.807) is 19.9 Å². The molecule has 80 valence electrons. The smallest absolute Gasteiger partial charge is 0.234 e. The van der Waals surface area contributed by atoms with Crippen LogP contribution < -0.4 is 11.1 Å². The molecule has 0 aliphatic carbocycles. The van der Waals surface area contributed by atoms with Crippen LogP contribution in [0.1, 0.15) is 25.0 Å². The van der Waals surface area contributed by atoms with Gasteiger partial charge in [-0.1, -0.05) is 6.07 Å². The molecule has 1 aromatic carbocycles. The van der Waals surface area contributed by atoms with Gasteiger partial charge in [-0.25, -0.2) is 4.39 Å². The summed E-state index contributed by atoms with van der Waals surface area (Å²) in [5.74, 6) is -0.539. The Morgan fingerprint density at radius 1 is 1.47 bits per heavy atom. The van der Waals surface area contributed by atoms with Crippen molar-refractivity contribution in [2.24, 2.45) is 5.73 Å². The third-order valence-corrected chi connectivity index (χ3v) is 2.89. The molecular weight excluding hydrogens is 195 g/mol. The summed E-state index contributed by atoms with van der Waals surface area (Å²) in [5.41, 5.74) is 6.46. The molecule has 1 amide bonds. The molecule has 0 saturated carbocycles. The van der Waals surface area contributed by atoms with Crippen LogP contribution in [0.25, 0.3) is 0 Å². The van der Waals surface area contributed by atoms with E-state index >= 15 is 0 Å². The van der Waals surface area contributed by atoms with Gasteiger partial charge in [-0.2, -0.15) is 0 Å². The molecule has 1 aliphatic rings. The van der Waals surface area contributed by atoms with Crippen molar-refractivity contribution in [1.29, 1.82) is 0 Å². The van der Waals surface area contributed by atoms with Crippen LogP contribution in [0.4, 0.5) is 10.1 Å². The SMILES string of the molecule is CC1(C)C(=O)Nc2c(CN)ccc(F)c21. The summed E-state index contributed by atoms with van der Waals surface area (Å²) in [4.78, 5) is 11.7. The van der Waals surface area contributed by atoms with Crippen LogP contribution in [0.2, 0.25) is 0 Å². The zero-order chi connectivity index (χ0) is 11.2. The number of amides is 1. The molecule has 0 spiro atoms. The predicted molar refractivity (Wildman–Crippen MR) is 55.9 cm³/mol. The number of rotatable bonds is 1. The van der Waals surface area contributed by atoms with Crippen molar-refractivity contribution >= 4 is 11.6 Å². The Bertz CT molecular complexity index is 440. The Hall–Kier alpha value is -1.42. The lowest BCUT2D eigenvalue weighted by Gasteiger charge is -2.16. The van der Waals surface area contributed by atoms with Crippen LogP contribution in [0.5, 0.6) is 0 Å². The standard InChI is InChI=1S/C11H13FN2O/c1-11(2)8-7(12)4-3-6(5-13)9(8)14-10(11)15/h3-4H,5,13H2,1-2H3,(H,14,15). The van der Waals surface area contributed by atoms with Crippen molar-refractivity contribution < 1.29 is 9.18 Å². The minimum Gasteiger partial charge on any atom is -0.326 e. The number of carbonyl (C=O) groups excluding carboxylic acids is 1. The van der Waals surface area contributed by atoms with Gasteiger partial charge in [0.25, 0.3) is 0 Å². The molecule has 4 heteroatoms. The zero-order valence-electron chi connectivity index (χ0n) is 8.73. The number of carbonyl (C=O) groups is 1. The maximum atomic E-state index is 13.6. The van der Waals surface area contributed by atoms with Gasteiger partial charge in [0.15, 0.2) is 0 Å². The molecule has 3 nitrogen and oxygen atoms in total. The summed E-state index contributed by atoms with van der Waals surface area (Å²) in [7, 11) is 0. The molecule has 0 aromatic heterocycles. The second kappa shape index (κ2) is 3.03. The van der Waals surface area contributed by atoms with Crippen molar-refractivity contribution in [1.82, 2.24) is 0 Å². The van der Waals surface area contributed by atoms with E-state index < -0.39 is 5.41 Å². The van der Waals surface area contributed by atoms with E-state index in [9.17, 15) is 9.18 Å². The van der Waals surface area contributed by atoms with Crippen molar-refractivity contribution in [2.45, 2.75) is 25.8 Å². The number of hydrogen-bond acceptors (Lipinski definition) is 2. The van der Waals surface area contributed by atoms with Crippen LogP contribution in [-0.2, 0) is 16.8 Å². The highest BCUT2D eigenvalue weighted by Gasteiger charge is 2.41. The fraction of sp³-hybridized carbons (Fsp3) is 0.364. The predicted octanol–water partition coefficient (Wildman–Crippen LogP) is 1.51. The molecule has 15 heavy (non-hydrogen) atoms. The van der Waals surface area contributed by atoms with Crippen molar-refractivity contribution in [2.75, 3.05) is 5.32 Å². The van der Waals surface area contributed by atoms with Crippen LogP contribution in [0, 0.1) is 5.82 Å². The summed E-state index contributed by atoms with van der Waals surface area (Å²) in [6, 6.07) is 2.97. The van der Waals surface area contributed by atoms with E-state index in [-0.39, 0.29) is 11.7 Å². The third kappa shape index (κ3) is 1.25. The van der Waals surface area contributed by atoms with E-state index in [2.05, 4.69) is 5.32 Å².